The van der Waals surface area contributed by atoms with E-state index in [1.807, 2.05) is 0 Å². The van der Waals surface area contributed by atoms with Gasteiger partial charge < -0.3 is 49.5 Å². The van der Waals surface area contributed by atoms with Gasteiger partial charge in [0.2, 0.25) is 5.91 Å². The minimum atomic E-state index is -1.98. The molecule has 0 aromatic heterocycles. The number of esters is 1. The van der Waals surface area contributed by atoms with Gasteiger partial charge in [-0.1, -0.05) is 32.9 Å². The van der Waals surface area contributed by atoms with E-state index in [0.717, 1.165) is 6.92 Å². The quantitative estimate of drug-likeness (QED) is 0.160. The summed E-state index contributed by atoms with van der Waals surface area (Å²) in [4.78, 5) is 43.6. The van der Waals surface area contributed by atoms with E-state index in [0.29, 0.717) is 6.42 Å². The van der Waals surface area contributed by atoms with Crippen LogP contribution in [-0.2, 0) is 33.4 Å². The van der Waals surface area contributed by atoms with Gasteiger partial charge in [0.05, 0.1) is 47.7 Å². The minimum absolute atomic E-state index is 0.123. The van der Waals surface area contributed by atoms with Gasteiger partial charge in [-0.25, -0.2) is 4.79 Å². The zero-order valence-corrected chi connectivity index (χ0v) is 29.0. The second kappa shape index (κ2) is 15.8. The summed E-state index contributed by atoms with van der Waals surface area (Å²) in [6.07, 6.45) is -8.24. The van der Waals surface area contributed by atoms with Crippen molar-refractivity contribution in [3.05, 3.63) is 0 Å². The van der Waals surface area contributed by atoms with Gasteiger partial charge >= 0.3 is 11.9 Å². The number of rotatable bonds is 5. The van der Waals surface area contributed by atoms with Crippen molar-refractivity contribution in [1.82, 2.24) is 4.90 Å². The van der Waals surface area contributed by atoms with Crippen LogP contribution in [0.4, 0.5) is 0 Å². The Morgan fingerprint density at radius 3 is 2.13 bits per heavy atom. The summed E-state index contributed by atoms with van der Waals surface area (Å²) in [7, 11) is 1.56. The Morgan fingerprint density at radius 2 is 1.61 bits per heavy atom. The lowest BCUT2D eigenvalue weighted by molar-refractivity contribution is -0.298. The summed E-state index contributed by atoms with van der Waals surface area (Å²) in [5.74, 6) is -5.65. The van der Waals surface area contributed by atoms with Gasteiger partial charge in [-0.15, -0.1) is 0 Å². The van der Waals surface area contributed by atoms with Crippen molar-refractivity contribution in [2.24, 2.45) is 28.8 Å². The molecule has 14 atom stereocenters. The molecule has 2 saturated heterocycles. The Morgan fingerprint density at radius 1 is 1.02 bits per heavy atom. The van der Waals surface area contributed by atoms with Gasteiger partial charge in [-0.05, 0) is 47.0 Å². The Balaban J connectivity index is 2.68. The number of aliphatic hydroxyl groups is 5. The molecule has 266 valence electrons. The fourth-order valence-corrected chi connectivity index (χ4v) is 6.82. The molecule has 0 spiro atoms. The summed E-state index contributed by atoms with van der Waals surface area (Å²) in [6.45, 7) is 15.0. The Labute approximate surface area is 272 Å². The summed E-state index contributed by atoms with van der Waals surface area (Å²) in [5, 5.41) is 61.8. The summed E-state index contributed by atoms with van der Waals surface area (Å²) in [6, 6.07) is -0.661. The molecule has 46 heavy (non-hydrogen) atoms. The first kappa shape index (κ1) is 40.0. The molecular weight excluding hydrogens is 604 g/mol. The molecule has 2 aliphatic rings. The molecule has 5 N–H and O–H groups in total. The second-order valence-corrected chi connectivity index (χ2v) is 13.8. The molecule has 2 rings (SSSR count). The molecule has 0 aromatic rings. The highest BCUT2D eigenvalue weighted by atomic mass is 16.7. The maximum Gasteiger partial charge on any atom is 0.331 e. The molecule has 0 unspecified atom stereocenters. The summed E-state index contributed by atoms with van der Waals surface area (Å²) >= 11 is 0. The van der Waals surface area contributed by atoms with Crippen LogP contribution in [0.2, 0.25) is 0 Å². The molecule has 14 heteroatoms. The lowest BCUT2D eigenvalue weighted by Gasteiger charge is -2.47. The zero-order chi connectivity index (χ0) is 35.5. The first-order valence-electron chi connectivity index (χ1n) is 16.1. The van der Waals surface area contributed by atoms with E-state index in [2.05, 4.69) is 5.16 Å². The van der Waals surface area contributed by atoms with Crippen LogP contribution in [0.5, 0.6) is 0 Å². The van der Waals surface area contributed by atoms with E-state index in [1.165, 1.54) is 32.6 Å². The smallest absolute Gasteiger partial charge is 0.331 e. The van der Waals surface area contributed by atoms with Crippen LogP contribution in [0.1, 0.15) is 88.5 Å². The number of carbonyl (C=O) groups excluding carboxylic acids is 3. The SMILES string of the molecule is CC[C@H]1OC(=O)[C@H](C)[C@@H](O)[C@H](C)[C@@H](O[C@@H]2O[C@H](C)C[C@H](N(C)C(C)=O)[C@H]2O)[C@](C)(O)C[C@@H](C)/C(=N\OC(C)=O)[C@H](C)[C@@H](O)[C@]1(C)O. The maximum atomic E-state index is 13.4. The zero-order valence-electron chi connectivity index (χ0n) is 29.0. The molecule has 14 nitrogen and oxygen atoms in total. The molecule has 0 bridgehead atoms. The predicted octanol–water partition coefficient (Wildman–Crippen LogP) is 1.13. The maximum absolute atomic E-state index is 13.4. The largest absolute Gasteiger partial charge is 0.459 e. The number of amides is 1. The fraction of sp³-hybridized carbons (Fsp3) is 0.875. The standard InChI is InChI=1S/C32H56N2O12/c1-12-23-32(10,42)27(39)17(4)24(33-46-21(8)36)15(2)14-31(9,41)28(18(5)25(37)19(6)29(40)44-23)45-30-26(38)22(13-16(3)43-30)34(11)20(7)35/h15-19,22-23,25-28,30,37-39,41-42H,12-14H2,1-11H3/b33-24+/t15-,16-,17+,18+,19-,22+,23-,25+,26-,27-,28-,30+,31-,32-/m1/s1. The lowest BCUT2D eigenvalue weighted by atomic mass is 9.73. The van der Waals surface area contributed by atoms with Crippen LogP contribution in [0.3, 0.4) is 0 Å². The van der Waals surface area contributed by atoms with Crippen molar-refractivity contribution in [2.75, 3.05) is 7.05 Å². The summed E-state index contributed by atoms with van der Waals surface area (Å²) in [5.41, 5.74) is -3.67. The van der Waals surface area contributed by atoms with E-state index in [4.69, 9.17) is 19.0 Å². The minimum Gasteiger partial charge on any atom is -0.459 e. The molecule has 0 aromatic carbocycles. The average Bonchev–Trinajstić information content (AvgIpc) is 2.96. The first-order chi connectivity index (χ1) is 21.1. The van der Waals surface area contributed by atoms with E-state index in [-0.39, 0.29) is 24.5 Å². The highest BCUT2D eigenvalue weighted by Gasteiger charge is 2.51. The first-order valence-corrected chi connectivity index (χ1v) is 16.1. The predicted molar refractivity (Wildman–Crippen MR) is 166 cm³/mol. The number of oxime groups is 1. The normalized spacial score (nSPS) is 44.2. The molecule has 2 fully saturated rings. The second-order valence-electron chi connectivity index (χ2n) is 13.8. The molecule has 0 aliphatic carbocycles. The third-order valence-corrected chi connectivity index (χ3v) is 9.73. The van der Waals surface area contributed by atoms with Crippen LogP contribution in [0.25, 0.3) is 0 Å². The number of likely N-dealkylation sites (N-methyl/N-ethyl adjacent to an activating group) is 1. The molecule has 0 radical (unpaired) electrons. The van der Waals surface area contributed by atoms with Crippen molar-refractivity contribution in [3.8, 4) is 0 Å². The van der Waals surface area contributed by atoms with Crippen molar-refractivity contribution >= 4 is 23.6 Å². The van der Waals surface area contributed by atoms with Crippen LogP contribution in [-0.4, -0.2) is 121 Å². The molecular formula is C32H56N2O12. The van der Waals surface area contributed by atoms with Crippen molar-refractivity contribution in [3.63, 3.8) is 0 Å². The van der Waals surface area contributed by atoms with Crippen molar-refractivity contribution in [1.29, 1.82) is 0 Å². The van der Waals surface area contributed by atoms with E-state index in [1.54, 1.807) is 41.7 Å². The lowest BCUT2D eigenvalue weighted by Crippen LogP contribution is -2.60. The molecule has 2 heterocycles. The van der Waals surface area contributed by atoms with Crippen LogP contribution >= 0.6 is 0 Å². The topological polar surface area (TPSA) is 205 Å². The Bertz CT molecular complexity index is 1100. The highest BCUT2D eigenvalue weighted by molar-refractivity contribution is 5.89. The van der Waals surface area contributed by atoms with E-state index in [9.17, 15) is 39.9 Å². The van der Waals surface area contributed by atoms with Gasteiger partial charge in [0.1, 0.15) is 17.8 Å². The number of nitrogens with zero attached hydrogens (tertiary/aromatic N) is 2. The van der Waals surface area contributed by atoms with Crippen LogP contribution < -0.4 is 0 Å². The third-order valence-electron chi connectivity index (χ3n) is 9.73. The van der Waals surface area contributed by atoms with Gasteiger partial charge in [0.15, 0.2) is 6.29 Å². The van der Waals surface area contributed by atoms with Gasteiger partial charge in [0, 0.05) is 38.6 Å². The molecule has 1 amide bonds. The third kappa shape index (κ3) is 9.03. The number of hydrogen-bond acceptors (Lipinski definition) is 13. The number of hydrogen-bond donors (Lipinski definition) is 5. The molecule has 0 saturated carbocycles. The number of cyclic esters (lactones) is 1. The van der Waals surface area contributed by atoms with Gasteiger partial charge in [-0.2, -0.15) is 0 Å². The van der Waals surface area contributed by atoms with Crippen LogP contribution in [0, 0.1) is 23.7 Å². The van der Waals surface area contributed by atoms with E-state index >= 15 is 0 Å². The fourth-order valence-electron chi connectivity index (χ4n) is 6.82. The van der Waals surface area contributed by atoms with Crippen molar-refractivity contribution in [2.45, 2.75) is 149 Å². The van der Waals surface area contributed by atoms with Gasteiger partial charge in [-0.3, -0.25) is 9.59 Å². The average molecular weight is 661 g/mol. The monoisotopic (exact) mass is 660 g/mol. The Hall–Kier alpha value is -2.20. The highest BCUT2D eigenvalue weighted by Crippen LogP contribution is 2.38. The molecule has 2 aliphatic heterocycles. The number of ether oxygens (including phenoxy) is 3. The number of aliphatic hydroxyl groups excluding tert-OH is 3. The summed E-state index contributed by atoms with van der Waals surface area (Å²) < 4.78 is 18.0. The number of carbonyl (C=O) groups is 3. The Kier molecular flexibility index (Phi) is 13.7. The van der Waals surface area contributed by atoms with Crippen molar-refractivity contribution < 1.29 is 59.0 Å². The van der Waals surface area contributed by atoms with E-state index < -0.39 is 95.8 Å². The van der Waals surface area contributed by atoms with Gasteiger partial charge in [0.25, 0.3) is 0 Å². The van der Waals surface area contributed by atoms with Crippen LogP contribution in [0.15, 0.2) is 5.16 Å².